The van der Waals surface area contributed by atoms with E-state index in [1.165, 1.54) is 5.69 Å². The maximum atomic E-state index is 5.38. The molecule has 15 heavy (non-hydrogen) atoms. The smallest absolute Gasteiger partial charge is 0.113 e. The lowest BCUT2D eigenvalue weighted by atomic mass is 10.2. The summed E-state index contributed by atoms with van der Waals surface area (Å²) in [5.74, 6) is 0. The lowest BCUT2D eigenvalue weighted by molar-refractivity contribution is 0.143. The van der Waals surface area contributed by atoms with E-state index in [9.17, 15) is 0 Å². The molecule has 0 fully saturated rings. The Balaban J connectivity index is 2.05. The molecule has 0 aliphatic carbocycles. The fourth-order valence-corrected chi connectivity index (χ4v) is 1.67. The van der Waals surface area contributed by atoms with Gasteiger partial charge in [-0.15, -0.1) is 11.7 Å². The highest BCUT2D eigenvalue weighted by atomic mass is 16.5. The molecule has 0 atom stereocenters. The summed E-state index contributed by atoms with van der Waals surface area (Å²) in [5.41, 5.74) is 2.12. The van der Waals surface area contributed by atoms with Crippen molar-refractivity contribution < 1.29 is 4.74 Å². The van der Waals surface area contributed by atoms with Gasteiger partial charge in [-0.05, 0) is 7.05 Å². The lowest BCUT2D eigenvalue weighted by Gasteiger charge is -2.23. The molecule has 5 heteroatoms. The van der Waals surface area contributed by atoms with Crippen molar-refractivity contribution >= 4 is 0 Å². The molecule has 0 N–H and O–H groups in total. The largest absolute Gasteiger partial charge is 0.371 e. The van der Waals surface area contributed by atoms with Crippen LogP contribution in [0.3, 0.4) is 0 Å². The molecule has 0 saturated carbocycles. The van der Waals surface area contributed by atoms with E-state index in [-0.39, 0.29) is 0 Å². The second-order valence-electron chi connectivity index (χ2n) is 3.75. The van der Waals surface area contributed by atoms with Crippen LogP contribution in [0.4, 0.5) is 0 Å². The van der Waals surface area contributed by atoms with Crippen molar-refractivity contribution in [3.63, 3.8) is 0 Å². The molecule has 82 valence electrons. The molecule has 0 radical (unpaired) electrons. The summed E-state index contributed by atoms with van der Waals surface area (Å²) in [6.45, 7) is 7.54. The van der Waals surface area contributed by atoms with Gasteiger partial charge in [-0.25, -0.2) is 4.68 Å². The third-order valence-electron chi connectivity index (χ3n) is 2.51. The SMILES string of the molecule is C=CCOCc1nnn2c1CN(C)CC2. The highest BCUT2D eigenvalue weighted by Gasteiger charge is 2.18. The number of likely N-dealkylation sites (N-methyl/N-ethyl adjacent to an activating group) is 1. The predicted molar refractivity (Wildman–Crippen MR) is 56.2 cm³/mol. The van der Waals surface area contributed by atoms with Gasteiger partial charge in [0.05, 0.1) is 25.5 Å². The van der Waals surface area contributed by atoms with Crippen molar-refractivity contribution in [2.75, 3.05) is 20.2 Å². The molecular formula is C10H16N4O. The van der Waals surface area contributed by atoms with Gasteiger partial charge in [0.15, 0.2) is 0 Å². The molecule has 1 aliphatic heterocycles. The number of hydrogen-bond acceptors (Lipinski definition) is 4. The average molecular weight is 208 g/mol. The molecule has 5 nitrogen and oxygen atoms in total. The number of fused-ring (bicyclic) bond motifs is 1. The Labute approximate surface area is 89.3 Å². The van der Waals surface area contributed by atoms with E-state index in [0.29, 0.717) is 13.2 Å². The summed E-state index contributed by atoms with van der Waals surface area (Å²) in [5, 5.41) is 8.24. The quantitative estimate of drug-likeness (QED) is 0.531. The van der Waals surface area contributed by atoms with Gasteiger partial charge in [-0.1, -0.05) is 11.3 Å². The minimum absolute atomic E-state index is 0.523. The maximum Gasteiger partial charge on any atom is 0.113 e. The maximum absolute atomic E-state index is 5.38. The standard InChI is InChI=1S/C10H16N4O/c1-3-6-15-8-9-10-7-13(2)4-5-14(10)12-11-9/h3H,1,4-8H2,2H3. The van der Waals surface area contributed by atoms with E-state index < -0.39 is 0 Å². The number of ether oxygens (including phenoxy) is 1. The van der Waals surface area contributed by atoms with Crippen LogP contribution in [0, 0.1) is 0 Å². The van der Waals surface area contributed by atoms with E-state index in [1.807, 2.05) is 4.68 Å². The molecule has 0 aromatic carbocycles. The number of hydrogen-bond donors (Lipinski definition) is 0. The fraction of sp³-hybridized carbons (Fsp3) is 0.600. The Morgan fingerprint density at radius 2 is 2.40 bits per heavy atom. The number of nitrogens with zero attached hydrogens (tertiary/aromatic N) is 4. The average Bonchev–Trinajstić information content (AvgIpc) is 2.62. The van der Waals surface area contributed by atoms with Crippen LogP contribution in [0.15, 0.2) is 12.7 Å². The zero-order chi connectivity index (χ0) is 10.7. The highest BCUT2D eigenvalue weighted by Crippen LogP contribution is 2.13. The molecule has 1 aromatic heterocycles. The van der Waals surface area contributed by atoms with Gasteiger partial charge in [0.1, 0.15) is 5.69 Å². The summed E-state index contributed by atoms with van der Waals surface area (Å²) in [7, 11) is 2.10. The molecule has 0 bridgehead atoms. The molecule has 0 spiro atoms. The topological polar surface area (TPSA) is 43.2 Å². The minimum Gasteiger partial charge on any atom is -0.371 e. The summed E-state index contributed by atoms with van der Waals surface area (Å²) in [4.78, 5) is 2.26. The summed E-state index contributed by atoms with van der Waals surface area (Å²) in [6, 6.07) is 0. The highest BCUT2D eigenvalue weighted by molar-refractivity contribution is 5.10. The molecule has 1 aliphatic rings. The first kappa shape index (κ1) is 10.3. The molecule has 0 amide bonds. The van der Waals surface area contributed by atoms with E-state index in [1.54, 1.807) is 6.08 Å². The Bertz CT molecular complexity index is 347. The van der Waals surface area contributed by atoms with Crippen molar-refractivity contribution in [2.45, 2.75) is 19.7 Å². The van der Waals surface area contributed by atoms with E-state index in [2.05, 4.69) is 28.8 Å². The third-order valence-corrected chi connectivity index (χ3v) is 2.51. The molecule has 2 heterocycles. The van der Waals surface area contributed by atoms with Crippen molar-refractivity contribution in [3.05, 3.63) is 24.0 Å². The van der Waals surface area contributed by atoms with E-state index in [4.69, 9.17) is 4.74 Å². The summed E-state index contributed by atoms with van der Waals surface area (Å²) < 4.78 is 7.34. The Morgan fingerprint density at radius 3 is 3.20 bits per heavy atom. The van der Waals surface area contributed by atoms with Gasteiger partial charge >= 0.3 is 0 Å². The monoisotopic (exact) mass is 208 g/mol. The first-order valence-electron chi connectivity index (χ1n) is 5.09. The van der Waals surface area contributed by atoms with Crippen LogP contribution in [0.2, 0.25) is 0 Å². The van der Waals surface area contributed by atoms with E-state index in [0.717, 1.165) is 25.3 Å². The van der Waals surface area contributed by atoms with Crippen LogP contribution < -0.4 is 0 Å². The zero-order valence-corrected chi connectivity index (χ0v) is 9.02. The van der Waals surface area contributed by atoms with Gasteiger partial charge in [0.2, 0.25) is 0 Å². The summed E-state index contributed by atoms with van der Waals surface area (Å²) >= 11 is 0. The van der Waals surface area contributed by atoms with Crippen LogP contribution in [0.1, 0.15) is 11.4 Å². The van der Waals surface area contributed by atoms with Crippen LogP contribution in [0.25, 0.3) is 0 Å². The Morgan fingerprint density at radius 1 is 1.53 bits per heavy atom. The molecule has 0 saturated heterocycles. The lowest BCUT2D eigenvalue weighted by Crippen LogP contribution is -2.31. The molecular weight excluding hydrogens is 192 g/mol. The second kappa shape index (κ2) is 4.55. The minimum atomic E-state index is 0.523. The number of aromatic nitrogens is 3. The first-order chi connectivity index (χ1) is 7.31. The van der Waals surface area contributed by atoms with Gasteiger partial charge < -0.3 is 4.74 Å². The van der Waals surface area contributed by atoms with Gasteiger partial charge in [-0.2, -0.15) is 0 Å². The van der Waals surface area contributed by atoms with Gasteiger partial charge in [-0.3, -0.25) is 4.90 Å². The molecule has 0 unspecified atom stereocenters. The number of rotatable bonds is 4. The van der Waals surface area contributed by atoms with Crippen molar-refractivity contribution in [3.8, 4) is 0 Å². The summed E-state index contributed by atoms with van der Waals surface area (Å²) in [6.07, 6.45) is 1.74. The van der Waals surface area contributed by atoms with Gasteiger partial charge in [0.25, 0.3) is 0 Å². The second-order valence-corrected chi connectivity index (χ2v) is 3.75. The first-order valence-corrected chi connectivity index (χ1v) is 5.09. The van der Waals surface area contributed by atoms with Crippen molar-refractivity contribution in [1.82, 2.24) is 19.9 Å². The molecule has 1 aromatic rings. The fourth-order valence-electron chi connectivity index (χ4n) is 1.67. The van der Waals surface area contributed by atoms with E-state index >= 15 is 0 Å². The predicted octanol–water partition coefficient (Wildman–Crippen LogP) is 0.426. The zero-order valence-electron chi connectivity index (χ0n) is 9.02. The Hall–Kier alpha value is -1.20. The van der Waals surface area contributed by atoms with Crippen LogP contribution in [-0.2, 0) is 24.4 Å². The van der Waals surface area contributed by atoms with Crippen molar-refractivity contribution in [1.29, 1.82) is 0 Å². The van der Waals surface area contributed by atoms with Gasteiger partial charge in [0, 0.05) is 13.1 Å². The van der Waals surface area contributed by atoms with Crippen molar-refractivity contribution in [2.24, 2.45) is 0 Å². The normalized spacial score (nSPS) is 16.3. The van der Waals surface area contributed by atoms with Crippen LogP contribution >= 0.6 is 0 Å². The Kier molecular flexibility index (Phi) is 3.13. The third kappa shape index (κ3) is 2.24. The van der Waals surface area contributed by atoms with Crippen LogP contribution in [-0.4, -0.2) is 40.1 Å². The molecule has 2 rings (SSSR count). The van der Waals surface area contributed by atoms with Crippen LogP contribution in [0.5, 0.6) is 0 Å².